The molecule has 0 radical (unpaired) electrons. The first-order chi connectivity index (χ1) is 6.77. The van der Waals surface area contributed by atoms with Crippen molar-refractivity contribution < 1.29 is 9.90 Å². The fraction of sp³-hybridized carbons (Fsp3) is 0.455. The van der Waals surface area contributed by atoms with E-state index in [0.29, 0.717) is 5.56 Å². The second-order valence-electron chi connectivity index (χ2n) is 3.70. The van der Waals surface area contributed by atoms with Crippen molar-refractivity contribution in [3.63, 3.8) is 0 Å². The van der Waals surface area contributed by atoms with Crippen molar-refractivity contribution in [3.8, 4) is 0 Å². The molecule has 0 fully saturated rings. The van der Waals surface area contributed by atoms with Gasteiger partial charge in [-0.25, -0.2) is 4.79 Å². The fourth-order valence-electron chi connectivity index (χ4n) is 1.88. The summed E-state index contributed by atoms with van der Waals surface area (Å²) in [5.41, 5.74) is 2.53. The highest BCUT2D eigenvalue weighted by atomic mass is 16.4. The number of fused-ring (bicyclic) bond motifs is 1. The number of aromatic nitrogens is 1. The van der Waals surface area contributed by atoms with Gasteiger partial charge in [0, 0.05) is 11.9 Å². The molecule has 0 aliphatic heterocycles. The Bertz CT molecular complexity index is 360. The number of hydrogen-bond donors (Lipinski definition) is 1. The average molecular weight is 191 g/mol. The number of carboxylic acids is 1. The molecule has 0 saturated heterocycles. The molecule has 0 saturated carbocycles. The second kappa shape index (κ2) is 3.78. The zero-order valence-electron chi connectivity index (χ0n) is 7.99. The first-order valence-corrected chi connectivity index (χ1v) is 4.98. The van der Waals surface area contributed by atoms with Crippen molar-refractivity contribution in [1.29, 1.82) is 0 Å². The van der Waals surface area contributed by atoms with Gasteiger partial charge in [0.15, 0.2) is 0 Å². The molecular weight excluding hydrogens is 178 g/mol. The molecule has 1 N–H and O–H groups in total. The molecule has 0 aromatic carbocycles. The third kappa shape index (κ3) is 1.76. The Kier molecular flexibility index (Phi) is 2.48. The number of pyridine rings is 1. The van der Waals surface area contributed by atoms with E-state index in [0.717, 1.165) is 30.5 Å². The van der Waals surface area contributed by atoms with Gasteiger partial charge in [-0.05, 0) is 37.3 Å². The topological polar surface area (TPSA) is 50.2 Å². The van der Waals surface area contributed by atoms with E-state index in [1.54, 1.807) is 6.07 Å². The third-order valence-electron chi connectivity index (χ3n) is 2.67. The smallest absolute Gasteiger partial charge is 0.337 e. The van der Waals surface area contributed by atoms with E-state index in [1.807, 2.05) is 0 Å². The van der Waals surface area contributed by atoms with Gasteiger partial charge < -0.3 is 5.11 Å². The van der Waals surface area contributed by atoms with Crippen LogP contribution in [0.4, 0.5) is 0 Å². The molecule has 1 aromatic heterocycles. The van der Waals surface area contributed by atoms with Gasteiger partial charge in [-0.15, -0.1) is 0 Å². The molecular formula is C11H13NO2. The van der Waals surface area contributed by atoms with Crippen molar-refractivity contribution >= 4 is 5.97 Å². The predicted molar refractivity (Wildman–Crippen MR) is 52.5 cm³/mol. The van der Waals surface area contributed by atoms with Crippen LogP contribution in [-0.2, 0) is 12.8 Å². The number of nitrogens with zero attached hydrogens (tertiary/aromatic N) is 1. The van der Waals surface area contributed by atoms with Crippen LogP contribution < -0.4 is 0 Å². The SMILES string of the molecule is O=C(O)c1cnc2c(c1)CCCCC2. The van der Waals surface area contributed by atoms with Crippen LogP contribution in [0.15, 0.2) is 12.3 Å². The fourth-order valence-corrected chi connectivity index (χ4v) is 1.88. The Morgan fingerprint density at radius 2 is 2.07 bits per heavy atom. The zero-order valence-corrected chi connectivity index (χ0v) is 7.99. The summed E-state index contributed by atoms with van der Waals surface area (Å²) >= 11 is 0. The standard InChI is InChI=1S/C11H13NO2/c13-11(14)9-6-8-4-2-1-3-5-10(8)12-7-9/h6-7H,1-5H2,(H,13,14). The molecule has 1 aromatic rings. The van der Waals surface area contributed by atoms with Crippen LogP contribution in [-0.4, -0.2) is 16.1 Å². The Labute approximate surface area is 82.8 Å². The number of carboxylic acid groups (broad SMARTS) is 1. The summed E-state index contributed by atoms with van der Waals surface area (Å²) in [6.45, 7) is 0. The number of rotatable bonds is 1. The maximum Gasteiger partial charge on any atom is 0.337 e. The van der Waals surface area contributed by atoms with E-state index >= 15 is 0 Å². The summed E-state index contributed by atoms with van der Waals surface area (Å²) < 4.78 is 0. The first kappa shape index (κ1) is 9.19. The lowest BCUT2D eigenvalue weighted by Gasteiger charge is -2.04. The minimum absolute atomic E-state index is 0.311. The van der Waals surface area contributed by atoms with Crippen LogP contribution >= 0.6 is 0 Å². The van der Waals surface area contributed by atoms with Crippen LogP contribution in [0.3, 0.4) is 0 Å². The van der Waals surface area contributed by atoms with Gasteiger partial charge >= 0.3 is 5.97 Å². The van der Waals surface area contributed by atoms with Crippen molar-refractivity contribution in [2.75, 3.05) is 0 Å². The zero-order chi connectivity index (χ0) is 9.97. The van der Waals surface area contributed by atoms with E-state index in [2.05, 4.69) is 4.98 Å². The highest BCUT2D eigenvalue weighted by molar-refractivity contribution is 5.87. The molecule has 0 bridgehead atoms. The Balaban J connectivity index is 2.37. The molecule has 2 rings (SSSR count). The molecule has 0 spiro atoms. The molecule has 74 valence electrons. The molecule has 0 atom stereocenters. The molecule has 3 nitrogen and oxygen atoms in total. The monoisotopic (exact) mass is 191 g/mol. The van der Waals surface area contributed by atoms with E-state index in [4.69, 9.17) is 5.11 Å². The van der Waals surface area contributed by atoms with E-state index in [9.17, 15) is 4.79 Å². The van der Waals surface area contributed by atoms with Gasteiger partial charge in [0.2, 0.25) is 0 Å². The summed E-state index contributed by atoms with van der Waals surface area (Å²) in [6.07, 6.45) is 6.98. The average Bonchev–Trinajstić information content (AvgIpc) is 2.41. The van der Waals surface area contributed by atoms with Gasteiger partial charge in [-0.2, -0.15) is 0 Å². The minimum atomic E-state index is -0.885. The van der Waals surface area contributed by atoms with Crippen molar-refractivity contribution in [3.05, 3.63) is 29.1 Å². The summed E-state index contributed by atoms with van der Waals surface area (Å²) in [5, 5.41) is 8.82. The minimum Gasteiger partial charge on any atom is -0.478 e. The Morgan fingerprint density at radius 3 is 2.86 bits per heavy atom. The van der Waals surface area contributed by atoms with E-state index < -0.39 is 5.97 Å². The molecule has 14 heavy (non-hydrogen) atoms. The van der Waals surface area contributed by atoms with E-state index in [1.165, 1.54) is 19.0 Å². The van der Waals surface area contributed by atoms with Gasteiger partial charge in [-0.1, -0.05) is 6.42 Å². The van der Waals surface area contributed by atoms with E-state index in [-0.39, 0.29) is 0 Å². The lowest BCUT2D eigenvalue weighted by molar-refractivity contribution is 0.0696. The number of aromatic carboxylic acids is 1. The Morgan fingerprint density at radius 1 is 1.29 bits per heavy atom. The lowest BCUT2D eigenvalue weighted by Crippen LogP contribution is -2.02. The second-order valence-corrected chi connectivity index (χ2v) is 3.70. The predicted octanol–water partition coefficient (Wildman–Crippen LogP) is 2.05. The lowest BCUT2D eigenvalue weighted by atomic mass is 10.1. The van der Waals surface area contributed by atoms with Gasteiger partial charge in [-0.3, -0.25) is 4.98 Å². The molecule has 1 aliphatic rings. The van der Waals surface area contributed by atoms with Gasteiger partial charge in [0.25, 0.3) is 0 Å². The van der Waals surface area contributed by atoms with Crippen molar-refractivity contribution in [2.24, 2.45) is 0 Å². The number of aryl methyl sites for hydroxylation is 2. The molecule has 3 heteroatoms. The molecule has 0 amide bonds. The summed E-state index contributed by atoms with van der Waals surface area (Å²) in [5.74, 6) is -0.885. The van der Waals surface area contributed by atoms with Crippen molar-refractivity contribution in [2.45, 2.75) is 32.1 Å². The van der Waals surface area contributed by atoms with Gasteiger partial charge in [0.05, 0.1) is 5.56 Å². The maximum absolute atomic E-state index is 10.7. The van der Waals surface area contributed by atoms with Crippen LogP contribution in [0.25, 0.3) is 0 Å². The van der Waals surface area contributed by atoms with Crippen LogP contribution in [0.2, 0.25) is 0 Å². The summed E-state index contributed by atoms with van der Waals surface area (Å²) in [6, 6.07) is 1.77. The molecule has 1 aliphatic carbocycles. The van der Waals surface area contributed by atoms with Gasteiger partial charge in [0.1, 0.15) is 0 Å². The molecule has 1 heterocycles. The quantitative estimate of drug-likeness (QED) is 0.691. The summed E-state index contributed by atoms with van der Waals surface area (Å²) in [7, 11) is 0. The Hall–Kier alpha value is -1.38. The van der Waals surface area contributed by atoms with Crippen LogP contribution in [0.1, 0.15) is 40.9 Å². The largest absolute Gasteiger partial charge is 0.478 e. The van der Waals surface area contributed by atoms with Crippen molar-refractivity contribution in [1.82, 2.24) is 4.98 Å². The van der Waals surface area contributed by atoms with Crippen LogP contribution in [0.5, 0.6) is 0 Å². The highest BCUT2D eigenvalue weighted by Crippen LogP contribution is 2.19. The maximum atomic E-state index is 10.7. The van der Waals surface area contributed by atoms with Crippen LogP contribution in [0, 0.1) is 0 Å². The highest BCUT2D eigenvalue weighted by Gasteiger charge is 2.12. The third-order valence-corrected chi connectivity index (χ3v) is 2.67. The normalized spacial score (nSPS) is 15.7. The summed E-state index contributed by atoms with van der Waals surface area (Å²) in [4.78, 5) is 15.0. The number of hydrogen-bond acceptors (Lipinski definition) is 2. The number of carbonyl (C=O) groups is 1. The molecule has 0 unspecified atom stereocenters. The first-order valence-electron chi connectivity index (χ1n) is 4.98.